The first kappa shape index (κ1) is 27.3. The minimum absolute atomic E-state index is 0.0472. The van der Waals surface area contributed by atoms with Crippen molar-refractivity contribution in [3.05, 3.63) is 23.3 Å². The average Bonchev–Trinajstić information content (AvgIpc) is 2.86. The van der Waals surface area contributed by atoms with E-state index in [1.165, 1.54) is 0 Å². The number of rotatable bonds is 8. The highest BCUT2D eigenvalue weighted by Gasteiger charge is 2.42. The standard InChI is InChI=1S/C28H38O8/c1-15(2)27(29)36-28(4)14-18-13-20(31-6)24(33-8)26(35-10)22(18)21-17(11-16(28)3)12-19(30-5)23(32-7)25(21)34-9/h12-13,15-16H,11,14H2,1-10H3/t16-,28+/m1/s1. The molecule has 0 saturated heterocycles. The van der Waals surface area contributed by atoms with Crippen molar-refractivity contribution in [2.75, 3.05) is 42.7 Å². The topological polar surface area (TPSA) is 81.7 Å². The van der Waals surface area contributed by atoms with Crippen molar-refractivity contribution >= 4 is 5.97 Å². The zero-order valence-corrected chi connectivity index (χ0v) is 23.0. The van der Waals surface area contributed by atoms with Crippen LogP contribution in [-0.2, 0) is 22.4 Å². The molecule has 0 amide bonds. The largest absolute Gasteiger partial charge is 0.493 e. The molecule has 8 heteroatoms. The third kappa shape index (κ3) is 4.61. The van der Waals surface area contributed by atoms with Crippen LogP contribution in [0.4, 0.5) is 0 Å². The molecule has 2 aromatic carbocycles. The Morgan fingerprint density at radius 2 is 1.22 bits per heavy atom. The fourth-order valence-electron chi connectivity index (χ4n) is 4.84. The summed E-state index contributed by atoms with van der Waals surface area (Å²) in [6.07, 6.45) is 1.01. The number of carbonyl (C=O) groups excluding carboxylic acids is 1. The Hall–Kier alpha value is -3.29. The van der Waals surface area contributed by atoms with Crippen LogP contribution in [0.25, 0.3) is 11.1 Å². The van der Waals surface area contributed by atoms with Crippen LogP contribution in [0.15, 0.2) is 12.1 Å². The number of fused-ring (bicyclic) bond motifs is 3. The number of ether oxygens (including phenoxy) is 7. The van der Waals surface area contributed by atoms with Crippen LogP contribution in [0, 0.1) is 11.8 Å². The van der Waals surface area contributed by atoms with Crippen LogP contribution in [-0.4, -0.2) is 54.2 Å². The third-order valence-corrected chi connectivity index (χ3v) is 6.99. The Bertz CT molecular complexity index is 1120. The molecule has 0 fully saturated rings. The van der Waals surface area contributed by atoms with Crippen molar-refractivity contribution in [3.63, 3.8) is 0 Å². The van der Waals surface area contributed by atoms with Gasteiger partial charge in [-0.15, -0.1) is 0 Å². The molecule has 0 aliphatic heterocycles. The van der Waals surface area contributed by atoms with Crippen molar-refractivity contribution in [1.82, 2.24) is 0 Å². The zero-order valence-electron chi connectivity index (χ0n) is 23.0. The summed E-state index contributed by atoms with van der Waals surface area (Å²) in [5.41, 5.74) is 2.57. The van der Waals surface area contributed by atoms with Gasteiger partial charge in [-0.05, 0) is 36.6 Å². The van der Waals surface area contributed by atoms with Crippen LogP contribution in [0.1, 0.15) is 38.8 Å². The van der Waals surface area contributed by atoms with Gasteiger partial charge in [0.05, 0.1) is 48.6 Å². The van der Waals surface area contributed by atoms with Gasteiger partial charge in [0.25, 0.3) is 0 Å². The van der Waals surface area contributed by atoms with E-state index >= 15 is 0 Å². The highest BCUT2D eigenvalue weighted by Crippen LogP contribution is 2.56. The fourth-order valence-corrected chi connectivity index (χ4v) is 4.84. The maximum atomic E-state index is 12.8. The van der Waals surface area contributed by atoms with Crippen molar-refractivity contribution in [3.8, 4) is 45.6 Å². The van der Waals surface area contributed by atoms with Gasteiger partial charge in [-0.1, -0.05) is 20.8 Å². The van der Waals surface area contributed by atoms with E-state index in [2.05, 4.69) is 6.92 Å². The van der Waals surface area contributed by atoms with Crippen LogP contribution < -0.4 is 28.4 Å². The molecular formula is C28H38O8. The zero-order chi connectivity index (χ0) is 26.8. The SMILES string of the molecule is COc1cc2c(c(OC)c1OC)-c1c(cc(OC)c(OC)c1OC)C[C@](C)(OC(=O)C(C)C)[C@H](C)C2. The van der Waals surface area contributed by atoms with Crippen molar-refractivity contribution in [1.29, 1.82) is 0 Å². The van der Waals surface area contributed by atoms with E-state index in [-0.39, 0.29) is 17.8 Å². The van der Waals surface area contributed by atoms with Gasteiger partial charge in [-0.25, -0.2) is 0 Å². The Balaban J connectivity index is 2.48. The van der Waals surface area contributed by atoms with Crippen molar-refractivity contribution < 1.29 is 38.0 Å². The first-order valence-electron chi connectivity index (χ1n) is 12.0. The van der Waals surface area contributed by atoms with Gasteiger partial charge in [0, 0.05) is 23.5 Å². The second-order valence-corrected chi connectivity index (χ2v) is 9.53. The molecule has 0 saturated carbocycles. The number of hydrogen-bond donors (Lipinski definition) is 0. The maximum Gasteiger partial charge on any atom is 0.308 e. The van der Waals surface area contributed by atoms with E-state index in [1.807, 2.05) is 32.9 Å². The highest BCUT2D eigenvalue weighted by molar-refractivity contribution is 5.88. The van der Waals surface area contributed by atoms with Gasteiger partial charge >= 0.3 is 5.97 Å². The molecule has 0 aromatic heterocycles. The summed E-state index contributed by atoms with van der Waals surface area (Å²) < 4.78 is 40.8. The predicted octanol–water partition coefficient (Wildman–Crippen LogP) is 5.10. The van der Waals surface area contributed by atoms with Gasteiger partial charge in [-0.3, -0.25) is 4.79 Å². The molecule has 0 spiro atoms. The Morgan fingerprint density at radius 1 is 0.778 bits per heavy atom. The number of methoxy groups -OCH3 is 6. The Morgan fingerprint density at radius 3 is 1.64 bits per heavy atom. The van der Waals surface area contributed by atoms with Crippen molar-refractivity contribution in [2.45, 2.75) is 46.1 Å². The fraction of sp³-hybridized carbons (Fsp3) is 0.536. The van der Waals surface area contributed by atoms with Gasteiger partial charge in [0.15, 0.2) is 23.0 Å². The summed E-state index contributed by atoms with van der Waals surface area (Å²) in [5, 5.41) is 0. The molecule has 0 heterocycles. The summed E-state index contributed by atoms with van der Waals surface area (Å²) in [5.74, 6) is 2.45. The number of hydrogen-bond acceptors (Lipinski definition) is 8. The van der Waals surface area contributed by atoms with Crippen LogP contribution in [0.2, 0.25) is 0 Å². The summed E-state index contributed by atoms with van der Waals surface area (Å²) in [4.78, 5) is 12.8. The van der Waals surface area contributed by atoms with Gasteiger partial charge in [-0.2, -0.15) is 0 Å². The molecule has 0 radical (unpaired) electrons. The Kier molecular flexibility index (Phi) is 8.16. The lowest BCUT2D eigenvalue weighted by molar-refractivity contribution is -0.167. The first-order chi connectivity index (χ1) is 17.1. The third-order valence-electron chi connectivity index (χ3n) is 6.99. The summed E-state index contributed by atoms with van der Waals surface area (Å²) in [6.45, 7) is 7.74. The van der Waals surface area contributed by atoms with Gasteiger partial charge in [0.1, 0.15) is 5.60 Å². The lowest BCUT2D eigenvalue weighted by Crippen LogP contribution is -2.43. The second kappa shape index (κ2) is 10.8. The molecule has 36 heavy (non-hydrogen) atoms. The lowest BCUT2D eigenvalue weighted by atomic mass is 9.74. The van der Waals surface area contributed by atoms with E-state index in [0.29, 0.717) is 47.3 Å². The van der Waals surface area contributed by atoms with Gasteiger partial charge in [0.2, 0.25) is 11.5 Å². The molecule has 1 aliphatic rings. The molecule has 1 aliphatic carbocycles. The predicted molar refractivity (Wildman–Crippen MR) is 137 cm³/mol. The van der Waals surface area contributed by atoms with E-state index in [0.717, 1.165) is 22.3 Å². The molecule has 0 bridgehead atoms. The summed E-state index contributed by atoms with van der Waals surface area (Å²) in [6, 6.07) is 3.86. The van der Waals surface area contributed by atoms with E-state index in [9.17, 15) is 4.79 Å². The van der Waals surface area contributed by atoms with E-state index in [1.54, 1.807) is 42.7 Å². The minimum atomic E-state index is -0.807. The normalized spacial score (nSPS) is 18.8. The van der Waals surface area contributed by atoms with E-state index in [4.69, 9.17) is 33.2 Å². The number of benzene rings is 2. The highest BCUT2D eigenvalue weighted by atomic mass is 16.6. The smallest absolute Gasteiger partial charge is 0.308 e. The van der Waals surface area contributed by atoms with Crippen LogP contribution >= 0.6 is 0 Å². The summed E-state index contributed by atoms with van der Waals surface area (Å²) in [7, 11) is 9.50. The molecule has 0 unspecified atom stereocenters. The van der Waals surface area contributed by atoms with E-state index < -0.39 is 5.60 Å². The molecule has 2 atom stereocenters. The molecule has 198 valence electrons. The monoisotopic (exact) mass is 502 g/mol. The van der Waals surface area contributed by atoms with Crippen LogP contribution in [0.5, 0.6) is 34.5 Å². The minimum Gasteiger partial charge on any atom is -0.493 e. The molecule has 0 N–H and O–H groups in total. The van der Waals surface area contributed by atoms with Crippen LogP contribution in [0.3, 0.4) is 0 Å². The van der Waals surface area contributed by atoms with Gasteiger partial charge < -0.3 is 33.2 Å². The number of carbonyl (C=O) groups is 1. The lowest BCUT2D eigenvalue weighted by Gasteiger charge is -2.39. The molecule has 3 rings (SSSR count). The molecule has 2 aromatic rings. The quantitative estimate of drug-likeness (QED) is 0.462. The second-order valence-electron chi connectivity index (χ2n) is 9.53. The maximum absolute atomic E-state index is 12.8. The molecular weight excluding hydrogens is 464 g/mol. The first-order valence-corrected chi connectivity index (χ1v) is 12.0. The van der Waals surface area contributed by atoms with Crippen molar-refractivity contribution in [2.24, 2.45) is 11.8 Å². The summed E-state index contributed by atoms with van der Waals surface area (Å²) >= 11 is 0. The average molecular weight is 503 g/mol. The number of esters is 1. The molecule has 8 nitrogen and oxygen atoms in total. The Labute approximate surface area is 213 Å².